The van der Waals surface area contributed by atoms with Crippen LogP contribution in [0.4, 0.5) is 13.2 Å². The molecule has 8 heteroatoms. The molecule has 26 heavy (non-hydrogen) atoms. The standard InChI is InChI=1S/C18H22F3NO3.Na/c1-10-11(2)15(17(24)25)14(10)16(23)22-9-8-13(18(19,20)21)12-6-4-3-5-7-12;/h3-7,10-11,13-15H,8-9H2,1-2H3,(H,22,23)(H,24,25);/q;+1/p-1/t10?,11?,13?,14-,15+;/m0./s1. The maximum atomic E-state index is 13.2. The van der Waals surface area contributed by atoms with Gasteiger partial charge in [-0.15, -0.1) is 0 Å². The molecule has 2 rings (SSSR count). The first-order valence-electron chi connectivity index (χ1n) is 8.24. The second-order valence-corrected chi connectivity index (χ2v) is 6.67. The Kier molecular flexibility index (Phi) is 8.17. The smallest absolute Gasteiger partial charge is 0.550 e. The number of halogens is 3. The summed E-state index contributed by atoms with van der Waals surface area (Å²) in [6, 6.07) is 7.52. The number of hydrogen-bond acceptors (Lipinski definition) is 3. The van der Waals surface area contributed by atoms with Crippen molar-refractivity contribution in [3.8, 4) is 0 Å². The van der Waals surface area contributed by atoms with E-state index in [9.17, 15) is 27.9 Å². The molecule has 1 fully saturated rings. The van der Waals surface area contributed by atoms with Gasteiger partial charge in [-0.3, -0.25) is 4.79 Å². The summed E-state index contributed by atoms with van der Waals surface area (Å²) in [6.45, 7) is 3.32. The quantitative estimate of drug-likeness (QED) is 0.652. The van der Waals surface area contributed by atoms with Crippen molar-refractivity contribution < 1.29 is 57.4 Å². The third-order valence-electron chi connectivity index (χ3n) is 5.25. The number of rotatable bonds is 6. The molecule has 3 unspecified atom stereocenters. The molecule has 0 aromatic heterocycles. The number of carboxylic acids is 1. The van der Waals surface area contributed by atoms with Crippen molar-refractivity contribution in [2.45, 2.75) is 32.4 Å². The summed E-state index contributed by atoms with van der Waals surface area (Å²) < 4.78 is 39.7. The summed E-state index contributed by atoms with van der Waals surface area (Å²) in [5, 5.41) is 13.6. The Morgan fingerprint density at radius 1 is 1.12 bits per heavy atom. The molecule has 0 heterocycles. The van der Waals surface area contributed by atoms with E-state index in [1.54, 1.807) is 19.9 Å². The van der Waals surface area contributed by atoms with Crippen LogP contribution in [0.1, 0.15) is 31.7 Å². The molecular formula is C18H21F3NNaO3. The molecule has 1 N–H and O–H groups in total. The molecule has 138 valence electrons. The van der Waals surface area contributed by atoms with Gasteiger partial charge in [-0.1, -0.05) is 44.2 Å². The Bertz CT molecular complexity index is 624. The van der Waals surface area contributed by atoms with Gasteiger partial charge in [0.2, 0.25) is 5.91 Å². The number of aliphatic carboxylic acids is 1. The molecular weight excluding hydrogens is 358 g/mol. The third-order valence-corrected chi connectivity index (χ3v) is 5.25. The van der Waals surface area contributed by atoms with E-state index in [1.165, 1.54) is 24.3 Å². The molecule has 0 bridgehead atoms. The van der Waals surface area contributed by atoms with Gasteiger partial charge >= 0.3 is 35.7 Å². The number of alkyl halides is 3. The molecule has 1 aromatic carbocycles. The molecule has 0 radical (unpaired) electrons. The van der Waals surface area contributed by atoms with Crippen molar-refractivity contribution in [3.63, 3.8) is 0 Å². The van der Waals surface area contributed by atoms with Crippen LogP contribution in [0.5, 0.6) is 0 Å². The van der Waals surface area contributed by atoms with Crippen molar-refractivity contribution in [1.29, 1.82) is 0 Å². The van der Waals surface area contributed by atoms with Gasteiger partial charge in [0.15, 0.2) is 0 Å². The molecule has 0 spiro atoms. The normalized spacial score (nSPS) is 26.2. The minimum absolute atomic E-state index is 0. The van der Waals surface area contributed by atoms with E-state index < -0.39 is 35.8 Å². The van der Waals surface area contributed by atoms with Gasteiger partial charge in [-0.05, 0) is 23.8 Å². The number of hydrogen-bond donors (Lipinski definition) is 1. The summed E-state index contributed by atoms with van der Waals surface area (Å²) in [7, 11) is 0. The SMILES string of the molecule is CC1C(C)[C@H](C(=O)NCCC(c2ccccc2)C(F)(F)F)[C@@H]1C(=O)[O-].[Na+]. The molecule has 1 saturated carbocycles. The molecule has 1 amide bonds. The van der Waals surface area contributed by atoms with E-state index in [0.29, 0.717) is 0 Å². The zero-order chi connectivity index (χ0) is 18.8. The molecule has 0 aliphatic heterocycles. The molecule has 1 aliphatic carbocycles. The van der Waals surface area contributed by atoms with Crippen LogP contribution in [0.25, 0.3) is 0 Å². The van der Waals surface area contributed by atoms with Crippen molar-refractivity contribution in [2.75, 3.05) is 6.54 Å². The first kappa shape index (κ1) is 23.0. The van der Waals surface area contributed by atoms with Crippen LogP contribution in [0.2, 0.25) is 0 Å². The number of nitrogens with one attached hydrogen (secondary N) is 1. The molecule has 1 aromatic rings. The van der Waals surface area contributed by atoms with Gasteiger partial charge in [0.1, 0.15) is 0 Å². The minimum atomic E-state index is -4.42. The predicted molar refractivity (Wildman–Crippen MR) is 83.2 cm³/mol. The zero-order valence-electron chi connectivity index (χ0n) is 15.0. The fourth-order valence-corrected chi connectivity index (χ4v) is 3.59. The first-order valence-corrected chi connectivity index (χ1v) is 8.24. The summed E-state index contributed by atoms with van der Waals surface area (Å²) in [5.41, 5.74) is 0.141. The van der Waals surface area contributed by atoms with E-state index in [4.69, 9.17) is 0 Å². The van der Waals surface area contributed by atoms with Gasteiger partial charge in [0.05, 0.1) is 5.92 Å². The van der Waals surface area contributed by atoms with Gasteiger partial charge in [-0.2, -0.15) is 13.2 Å². The van der Waals surface area contributed by atoms with Crippen LogP contribution in [0, 0.1) is 23.7 Å². The number of carboxylic acid groups (broad SMARTS) is 1. The maximum absolute atomic E-state index is 13.2. The fourth-order valence-electron chi connectivity index (χ4n) is 3.59. The minimum Gasteiger partial charge on any atom is -0.550 e. The van der Waals surface area contributed by atoms with Crippen molar-refractivity contribution in [3.05, 3.63) is 35.9 Å². The average Bonchev–Trinajstić information content (AvgIpc) is 2.54. The average molecular weight is 379 g/mol. The maximum Gasteiger partial charge on any atom is 1.00 e. The van der Waals surface area contributed by atoms with Crippen molar-refractivity contribution in [1.82, 2.24) is 5.32 Å². The van der Waals surface area contributed by atoms with E-state index in [2.05, 4.69) is 5.32 Å². The van der Waals surface area contributed by atoms with E-state index in [-0.39, 0.29) is 59.9 Å². The van der Waals surface area contributed by atoms with Gasteiger partial charge < -0.3 is 15.2 Å². The Morgan fingerprint density at radius 3 is 2.15 bits per heavy atom. The summed E-state index contributed by atoms with van der Waals surface area (Å²) in [4.78, 5) is 23.3. The third kappa shape index (κ3) is 5.02. The van der Waals surface area contributed by atoms with Crippen molar-refractivity contribution >= 4 is 11.9 Å². The summed E-state index contributed by atoms with van der Waals surface area (Å²) in [5.74, 6) is -5.45. The number of benzene rings is 1. The van der Waals surface area contributed by atoms with Crippen LogP contribution < -0.4 is 40.0 Å². The van der Waals surface area contributed by atoms with Crippen LogP contribution >= 0.6 is 0 Å². The van der Waals surface area contributed by atoms with Crippen LogP contribution in [0.3, 0.4) is 0 Å². The monoisotopic (exact) mass is 379 g/mol. The summed E-state index contributed by atoms with van der Waals surface area (Å²) >= 11 is 0. The second kappa shape index (κ2) is 9.24. The number of carbonyl (C=O) groups is 2. The van der Waals surface area contributed by atoms with Crippen molar-refractivity contribution in [2.24, 2.45) is 23.7 Å². The Balaban J connectivity index is 0.00000338. The predicted octanol–water partition coefficient (Wildman–Crippen LogP) is -0.889. The van der Waals surface area contributed by atoms with E-state index >= 15 is 0 Å². The van der Waals surface area contributed by atoms with Gasteiger partial charge in [0, 0.05) is 24.3 Å². The largest absolute Gasteiger partial charge is 1.00 e. The summed E-state index contributed by atoms with van der Waals surface area (Å²) in [6.07, 6.45) is -4.72. The van der Waals surface area contributed by atoms with Crippen LogP contribution in [0.15, 0.2) is 30.3 Å². The Morgan fingerprint density at radius 2 is 1.65 bits per heavy atom. The zero-order valence-corrected chi connectivity index (χ0v) is 17.0. The topological polar surface area (TPSA) is 69.2 Å². The molecule has 1 aliphatic rings. The molecule has 5 atom stereocenters. The Labute approximate surface area is 172 Å². The second-order valence-electron chi connectivity index (χ2n) is 6.67. The van der Waals surface area contributed by atoms with Gasteiger partial charge in [0.25, 0.3) is 0 Å². The fraction of sp³-hybridized carbons (Fsp3) is 0.556. The molecule has 4 nitrogen and oxygen atoms in total. The van der Waals surface area contributed by atoms with Gasteiger partial charge in [-0.25, -0.2) is 0 Å². The Hall–Kier alpha value is -1.05. The van der Waals surface area contributed by atoms with Crippen LogP contribution in [-0.2, 0) is 9.59 Å². The molecule has 0 saturated heterocycles. The first-order chi connectivity index (χ1) is 11.6. The number of carbonyl (C=O) groups excluding carboxylic acids is 2. The number of amides is 1. The van der Waals surface area contributed by atoms with E-state index in [1.807, 2.05) is 0 Å². The van der Waals surface area contributed by atoms with E-state index in [0.717, 1.165) is 0 Å². The van der Waals surface area contributed by atoms with Crippen LogP contribution in [-0.4, -0.2) is 24.6 Å².